The average Bonchev–Trinajstić information content (AvgIpc) is 2.36. The third-order valence-corrected chi connectivity index (χ3v) is 2.27. The van der Waals surface area contributed by atoms with Crippen LogP contribution < -0.4 is 0 Å². The molecule has 0 saturated heterocycles. The minimum absolute atomic E-state index is 0.148. The molecular weight excluding hydrogens is 223 g/mol. The number of thiol groups is 1. The summed E-state index contributed by atoms with van der Waals surface area (Å²) >= 11 is 2.53. The van der Waals surface area contributed by atoms with Crippen molar-refractivity contribution in [2.75, 3.05) is 0 Å². The Morgan fingerprint density at radius 1 is 0.938 bits per heavy atom. The van der Waals surface area contributed by atoms with Gasteiger partial charge in [-0.3, -0.25) is 0 Å². The van der Waals surface area contributed by atoms with Crippen molar-refractivity contribution in [3.05, 3.63) is 59.9 Å². The molecule has 0 amide bonds. The summed E-state index contributed by atoms with van der Waals surface area (Å²) < 4.78 is 19.7. The lowest BCUT2D eigenvalue weighted by atomic mass is 10.0. The van der Waals surface area contributed by atoms with Gasteiger partial charge in [-0.2, -0.15) is 0 Å². The van der Waals surface area contributed by atoms with Crippen LogP contribution in [0.25, 0.3) is 11.1 Å². The first-order chi connectivity index (χ1) is 7.77. The molecule has 2 aromatic rings. The van der Waals surface area contributed by atoms with Crippen molar-refractivity contribution < 1.29 is 8.94 Å². The number of aryl methyl sites for hydroxylation is 1. The van der Waals surface area contributed by atoms with Crippen LogP contribution in [-0.4, -0.2) is 4.55 Å². The third kappa shape index (κ3) is 3.08. The predicted octanol–water partition coefficient (Wildman–Crippen LogP) is 4.19. The van der Waals surface area contributed by atoms with E-state index in [1.807, 2.05) is 36.4 Å². The Morgan fingerprint density at radius 3 is 2.12 bits per heavy atom. The van der Waals surface area contributed by atoms with Crippen LogP contribution in [0.4, 0.5) is 4.39 Å². The third-order valence-electron chi connectivity index (χ3n) is 2.27. The first kappa shape index (κ1) is 12.7. The summed E-state index contributed by atoms with van der Waals surface area (Å²) in [7, 11) is 0. The molecule has 0 radical (unpaired) electrons. The zero-order chi connectivity index (χ0) is 12.0. The van der Waals surface area contributed by atoms with Crippen molar-refractivity contribution >= 4 is 12.9 Å². The Bertz CT molecular complexity index is 443. The molecule has 0 fully saturated rings. The quantitative estimate of drug-likeness (QED) is 0.562. The summed E-state index contributed by atoms with van der Waals surface area (Å²) in [4.78, 5) is 0. The van der Waals surface area contributed by atoms with E-state index >= 15 is 0 Å². The van der Waals surface area contributed by atoms with E-state index in [9.17, 15) is 4.39 Å². The van der Waals surface area contributed by atoms with Crippen LogP contribution in [0.1, 0.15) is 5.56 Å². The molecule has 0 heterocycles. The van der Waals surface area contributed by atoms with Gasteiger partial charge in [-0.1, -0.05) is 36.4 Å². The summed E-state index contributed by atoms with van der Waals surface area (Å²) in [5, 5.41) is 0. The van der Waals surface area contributed by atoms with E-state index in [0.717, 1.165) is 11.1 Å². The van der Waals surface area contributed by atoms with Crippen molar-refractivity contribution in [2.24, 2.45) is 0 Å². The van der Waals surface area contributed by atoms with Gasteiger partial charge in [0, 0.05) is 0 Å². The fraction of sp³-hybridized carbons (Fsp3) is 0.0769. The number of hydrogen-bond donors (Lipinski definition) is 2. The van der Waals surface area contributed by atoms with Crippen LogP contribution in [0.5, 0.6) is 0 Å². The number of rotatable bonds is 1. The fourth-order valence-corrected chi connectivity index (χ4v) is 1.45. The summed E-state index contributed by atoms with van der Waals surface area (Å²) in [5.41, 5.74) is 2.87. The maximum Gasteiger partial charge on any atom is 0.126 e. The van der Waals surface area contributed by atoms with Crippen molar-refractivity contribution in [3.63, 3.8) is 0 Å². The highest BCUT2D eigenvalue weighted by atomic mass is 32.1. The van der Waals surface area contributed by atoms with E-state index in [1.165, 1.54) is 6.07 Å². The van der Waals surface area contributed by atoms with E-state index in [-0.39, 0.29) is 5.82 Å². The summed E-state index contributed by atoms with van der Waals surface area (Å²) in [5.74, 6) is -0.148. The molecule has 3 heteroatoms. The molecule has 0 saturated carbocycles. The highest BCUT2D eigenvalue weighted by Gasteiger charge is 2.00. The molecule has 0 atom stereocenters. The lowest BCUT2D eigenvalue weighted by Crippen LogP contribution is -1.83. The maximum atomic E-state index is 13.0. The van der Waals surface area contributed by atoms with Gasteiger partial charge >= 0.3 is 0 Å². The van der Waals surface area contributed by atoms with E-state index in [1.54, 1.807) is 13.0 Å². The van der Waals surface area contributed by atoms with Gasteiger partial charge in [-0.15, -0.1) is 0 Å². The summed E-state index contributed by atoms with van der Waals surface area (Å²) in [6.07, 6.45) is 0. The zero-order valence-corrected chi connectivity index (χ0v) is 9.79. The summed E-state index contributed by atoms with van der Waals surface area (Å²) in [6, 6.07) is 15.2. The Hall–Kier alpha value is -1.32. The van der Waals surface area contributed by atoms with Gasteiger partial charge in [0.15, 0.2) is 0 Å². The predicted molar refractivity (Wildman–Crippen MR) is 68.2 cm³/mol. The standard InChI is InChI=1S/C13H11F.H2OS/c1-10-9-12(7-8-13(10)14)11-5-3-2-4-6-11;1-2/h2-9H,1H3;1-2H. The van der Waals surface area contributed by atoms with E-state index in [4.69, 9.17) is 4.55 Å². The second-order valence-corrected chi connectivity index (χ2v) is 3.33. The molecule has 0 aliphatic carbocycles. The molecular formula is C13H13FOS. The number of benzene rings is 2. The van der Waals surface area contributed by atoms with Gasteiger partial charge in [0.1, 0.15) is 5.82 Å². The van der Waals surface area contributed by atoms with Crippen molar-refractivity contribution in [1.82, 2.24) is 0 Å². The van der Waals surface area contributed by atoms with Crippen LogP contribution >= 0.6 is 12.9 Å². The van der Waals surface area contributed by atoms with Gasteiger partial charge in [0.05, 0.1) is 0 Å². The van der Waals surface area contributed by atoms with Gasteiger partial charge in [-0.25, -0.2) is 4.39 Å². The van der Waals surface area contributed by atoms with Crippen molar-refractivity contribution in [2.45, 2.75) is 6.92 Å². The van der Waals surface area contributed by atoms with Crippen molar-refractivity contribution in [3.8, 4) is 11.1 Å². The molecule has 2 aromatic carbocycles. The molecule has 0 aromatic heterocycles. The SMILES string of the molecule is Cc1cc(-c2ccccc2)ccc1F.OS. The Labute approximate surface area is 100 Å². The van der Waals surface area contributed by atoms with E-state index in [0.29, 0.717) is 5.56 Å². The van der Waals surface area contributed by atoms with Crippen LogP contribution in [-0.2, 0) is 0 Å². The van der Waals surface area contributed by atoms with Crippen LogP contribution in [0.3, 0.4) is 0 Å². The van der Waals surface area contributed by atoms with E-state index in [2.05, 4.69) is 12.9 Å². The van der Waals surface area contributed by atoms with Gasteiger partial charge in [0.2, 0.25) is 0 Å². The molecule has 0 unspecified atom stereocenters. The lowest BCUT2D eigenvalue weighted by Gasteiger charge is -2.03. The first-order valence-electron chi connectivity index (χ1n) is 4.79. The molecule has 1 N–H and O–H groups in total. The average molecular weight is 236 g/mol. The van der Waals surface area contributed by atoms with E-state index < -0.39 is 0 Å². The minimum atomic E-state index is -0.148. The van der Waals surface area contributed by atoms with Gasteiger partial charge in [-0.05, 0) is 48.7 Å². The minimum Gasteiger partial charge on any atom is -0.333 e. The Balaban J connectivity index is 0.000000606. The Morgan fingerprint density at radius 2 is 1.56 bits per heavy atom. The van der Waals surface area contributed by atoms with Crippen molar-refractivity contribution in [1.29, 1.82) is 0 Å². The molecule has 16 heavy (non-hydrogen) atoms. The zero-order valence-electron chi connectivity index (χ0n) is 8.89. The van der Waals surface area contributed by atoms with Gasteiger partial charge in [0.25, 0.3) is 0 Å². The molecule has 0 aliphatic heterocycles. The molecule has 1 nitrogen and oxygen atoms in total. The monoisotopic (exact) mass is 236 g/mol. The molecule has 2 rings (SSSR count). The van der Waals surface area contributed by atoms with Crippen LogP contribution in [0, 0.1) is 12.7 Å². The van der Waals surface area contributed by atoms with Crippen LogP contribution in [0.15, 0.2) is 48.5 Å². The normalized spacial score (nSPS) is 9.25. The van der Waals surface area contributed by atoms with Crippen LogP contribution in [0.2, 0.25) is 0 Å². The largest absolute Gasteiger partial charge is 0.333 e. The second kappa shape index (κ2) is 6.30. The smallest absolute Gasteiger partial charge is 0.126 e. The fourth-order valence-electron chi connectivity index (χ4n) is 1.45. The number of halogens is 1. The first-order valence-corrected chi connectivity index (χ1v) is 5.19. The summed E-state index contributed by atoms with van der Waals surface area (Å²) in [6.45, 7) is 1.78. The molecule has 0 bridgehead atoms. The maximum absolute atomic E-state index is 13.0. The highest BCUT2D eigenvalue weighted by Crippen LogP contribution is 2.21. The lowest BCUT2D eigenvalue weighted by molar-refractivity contribution is 0.619. The molecule has 0 spiro atoms. The molecule has 84 valence electrons. The second-order valence-electron chi connectivity index (χ2n) is 3.33. The topological polar surface area (TPSA) is 20.2 Å². The Kier molecular flexibility index (Phi) is 5.02. The number of hydrogen-bond acceptors (Lipinski definition) is 2. The van der Waals surface area contributed by atoms with Gasteiger partial charge < -0.3 is 4.55 Å². The molecule has 0 aliphatic rings. The highest BCUT2D eigenvalue weighted by molar-refractivity contribution is 7.74.